The van der Waals surface area contributed by atoms with Crippen LogP contribution in [0.3, 0.4) is 0 Å². The zero-order valence-corrected chi connectivity index (χ0v) is 6.31. The molecule has 2 nitrogen and oxygen atoms in total. The fourth-order valence-corrected chi connectivity index (χ4v) is 1.25. The Hall–Kier alpha value is -0.370. The van der Waals surface area contributed by atoms with Crippen molar-refractivity contribution in [2.24, 2.45) is 11.7 Å². The van der Waals surface area contributed by atoms with Crippen LogP contribution in [0.5, 0.6) is 0 Å². The van der Waals surface area contributed by atoms with Gasteiger partial charge in [0.05, 0.1) is 6.54 Å². The lowest BCUT2D eigenvalue weighted by Crippen LogP contribution is -2.17. The number of hydrogen-bond donors (Lipinski definition) is 1. The molecule has 1 fully saturated rings. The highest BCUT2D eigenvalue weighted by Crippen LogP contribution is 2.30. The first-order chi connectivity index (χ1) is 4.83. The van der Waals surface area contributed by atoms with Crippen LogP contribution in [0.4, 0.5) is 0 Å². The molecule has 0 bridgehead atoms. The van der Waals surface area contributed by atoms with Crippen LogP contribution in [-0.2, 0) is 4.79 Å². The molecule has 0 aliphatic heterocycles. The minimum atomic E-state index is 0.215. The first-order valence-corrected chi connectivity index (χ1v) is 4.04. The maximum absolute atomic E-state index is 10.7. The van der Waals surface area contributed by atoms with Crippen molar-refractivity contribution in [3.05, 3.63) is 0 Å². The summed E-state index contributed by atoms with van der Waals surface area (Å²) in [5, 5.41) is 0. The SMILES string of the molecule is NCC(=O)CCC1CCC1. The van der Waals surface area contributed by atoms with E-state index >= 15 is 0 Å². The van der Waals surface area contributed by atoms with Crippen molar-refractivity contribution in [1.82, 2.24) is 0 Å². The number of carbonyl (C=O) groups excluding carboxylic acids is 1. The minimum Gasteiger partial charge on any atom is -0.324 e. The number of Topliss-reactive ketones (excluding diaryl/α,β-unsaturated/α-hetero) is 1. The summed E-state index contributed by atoms with van der Waals surface area (Å²) in [6.07, 6.45) is 5.81. The molecular weight excluding hydrogens is 126 g/mol. The van der Waals surface area contributed by atoms with E-state index in [9.17, 15) is 4.79 Å². The van der Waals surface area contributed by atoms with Gasteiger partial charge in [-0.25, -0.2) is 0 Å². The Labute approximate surface area is 61.8 Å². The van der Waals surface area contributed by atoms with Gasteiger partial charge in [0.25, 0.3) is 0 Å². The Bertz CT molecular complexity index is 118. The molecule has 58 valence electrons. The molecule has 0 aromatic carbocycles. The van der Waals surface area contributed by atoms with Crippen LogP contribution >= 0.6 is 0 Å². The number of carbonyl (C=O) groups is 1. The van der Waals surface area contributed by atoms with Crippen LogP contribution in [0.1, 0.15) is 32.1 Å². The monoisotopic (exact) mass is 141 g/mol. The summed E-state index contributed by atoms with van der Waals surface area (Å²) in [7, 11) is 0. The molecule has 1 rings (SSSR count). The zero-order chi connectivity index (χ0) is 7.40. The topological polar surface area (TPSA) is 43.1 Å². The summed E-state index contributed by atoms with van der Waals surface area (Å²) in [6.45, 7) is 0.229. The Morgan fingerprint density at radius 3 is 2.60 bits per heavy atom. The van der Waals surface area contributed by atoms with Crippen molar-refractivity contribution >= 4 is 5.78 Å². The van der Waals surface area contributed by atoms with Gasteiger partial charge in [0.2, 0.25) is 0 Å². The van der Waals surface area contributed by atoms with E-state index in [1.807, 2.05) is 0 Å². The highest BCUT2D eigenvalue weighted by Gasteiger charge is 2.17. The molecule has 10 heavy (non-hydrogen) atoms. The average Bonchev–Trinajstić information content (AvgIpc) is 1.84. The number of hydrogen-bond acceptors (Lipinski definition) is 2. The van der Waals surface area contributed by atoms with E-state index in [2.05, 4.69) is 0 Å². The molecule has 2 heteroatoms. The van der Waals surface area contributed by atoms with Crippen LogP contribution in [0.15, 0.2) is 0 Å². The lowest BCUT2D eigenvalue weighted by atomic mass is 9.82. The summed E-state index contributed by atoms with van der Waals surface area (Å²) in [5.74, 6) is 1.06. The normalized spacial score (nSPS) is 18.5. The Morgan fingerprint density at radius 1 is 1.50 bits per heavy atom. The first-order valence-electron chi connectivity index (χ1n) is 4.04. The summed E-state index contributed by atoms with van der Waals surface area (Å²) in [4.78, 5) is 10.7. The van der Waals surface area contributed by atoms with Gasteiger partial charge in [-0.1, -0.05) is 19.3 Å². The quantitative estimate of drug-likeness (QED) is 0.637. The third-order valence-corrected chi connectivity index (χ3v) is 2.28. The minimum absolute atomic E-state index is 0.215. The lowest BCUT2D eigenvalue weighted by molar-refractivity contribution is -0.118. The molecular formula is C8H15NO. The largest absolute Gasteiger partial charge is 0.324 e. The van der Waals surface area contributed by atoms with Crippen LogP contribution in [0.25, 0.3) is 0 Å². The molecule has 0 heterocycles. The van der Waals surface area contributed by atoms with Gasteiger partial charge in [0.15, 0.2) is 0 Å². The molecule has 1 aliphatic carbocycles. The standard InChI is InChI=1S/C8H15NO/c9-6-8(10)5-4-7-2-1-3-7/h7H,1-6,9H2. The van der Waals surface area contributed by atoms with Gasteiger partial charge in [-0.15, -0.1) is 0 Å². The molecule has 1 aliphatic rings. The second-order valence-corrected chi connectivity index (χ2v) is 3.08. The molecule has 0 radical (unpaired) electrons. The molecule has 0 atom stereocenters. The highest BCUT2D eigenvalue weighted by molar-refractivity contribution is 5.80. The van der Waals surface area contributed by atoms with Crippen LogP contribution in [-0.4, -0.2) is 12.3 Å². The van der Waals surface area contributed by atoms with Crippen molar-refractivity contribution in [2.45, 2.75) is 32.1 Å². The third kappa shape index (κ3) is 2.10. The maximum Gasteiger partial charge on any atom is 0.146 e. The summed E-state index contributed by atoms with van der Waals surface area (Å²) >= 11 is 0. The molecule has 0 aromatic heterocycles. The fraction of sp³-hybridized carbons (Fsp3) is 0.875. The lowest BCUT2D eigenvalue weighted by Gasteiger charge is -2.24. The van der Waals surface area contributed by atoms with Crippen molar-refractivity contribution < 1.29 is 4.79 Å². The second kappa shape index (κ2) is 3.71. The van der Waals surface area contributed by atoms with Crippen molar-refractivity contribution in [2.75, 3.05) is 6.54 Å². The van der Waals surface area contributed by atoms with Gasteiger partial charge in [0.1, 0.15) is 5.78 Å². The van der Waals surface area contributed by atoms with Gasteiger partial charge < -0.3 is 5.73 Å². The van der Waals surface area contributed by atoms with Crippen LogP contribution in [0, 0.1) is 5.92 Å². The number of rotatable bonds is 4. The van der Waals surface area contributed by atoms with E-state index in [1.165, 1.54) is 19.3 Å². The summed E-state index contributed by atoms with van der Waals surface area (Å²) in [6, 6.07) is 0. The van der Waals surface area contributed by atoms with E-state index < -0.39 is 0 Å². The molecule has 0 amide bonds. The Morgan fingerprint density at radius 2 is 2.20 bits per heavy atom. The molecule has 0 unspecified atom stereocenters. The molecule has 0 saturated heterocycles. The molecule has 2 N–H and O–H groups in total. The van der Waals surface area contributed by atoms with E-state index in [-0.39, 0.29) is 12.3 Å². The average molecular weight is 141 g/mol. The zero-order valence-electron chi connectivity index (χ0n) is 6.31. The fourth-order valence-electron chi connectivity index (χ4n) is 1.25. The van der Waals surface area contributed by atoms with Gasteiger partial charge >= 0.3 is 0 Å². The smallest absolute Gasteiger partial charge is 0.146 e. The molecule has 0 aromatic rings. The van der Waals surface area contributed by atoms with Gasteiger partial charge in [-0.05, 0) is 12.3 Å². The number of ketones is 1. The molecule has 0 spiro atoms. The second-order valence-electron chi connectivity index (χ2n) is 3.08. The molecule has 1 saturated carbocycles. The van der Waals surface area contributed by atoms with E-state index in [4.69, 9.17) is 5.73 Å². The van der Waals surface area contributed by atoms with Crippen LogP contribution < -0.4 is 5.73 Å². The van der Waals surface area contributed by atoms with E-state index in [0.29, 0.717) is 6.42 Å². The van der Waals surface area contributed by atoms with Crippen molar-refractivity contribution in [1.29, 1.82) is 0 Å². The first kappa shape index (κ1) is 7.73. The third-order valence-electron chi connectivity index (χ3n) is 2.28. The van der Waals surface area contributed by atoms with Gasteiger partial charge in [-0.3, -0.25) is 4.79 Å². The summed E-state index contributed by atoms with van der Waals surface area (Å²) < 4.78 is 0. The predicted octanol–water partition coefficient (Wildman–Crippen LogP) is 1.09. The predicted molar refractivity (Wildman–Crippen MR) is 40.6 cm³/mol. The highest BCUT2D eigenvalue weighted by atomic mass is 16.1. The van der Waals surface area contributed by atoms with Gasteiger partial charge in [0, 0.05) is 6.42 Å². The van der Waals surface area contributed by atoms with Crippen LogP contribution in [0.2, 0.25) is 0 Å². The summed E-state index contributed by atoms with van der Waals surface area (Å²) in [5.41, 5.74) is 5.17. The Kier molecular flexibility index (Phi) is 2.87. The van der Waals surface area contributed by atoms with E-state index in [1.54, 1.807) is 0 Å². The Balaban J connectivity index is 1.98. The van der Waals surface area contributed by atoms with Crippen molar-refractivity contribution in [3.8, 4) is 0 Å². The van der Waals surface area contributed by atoms with Gasteiger partial charge in [-0.2, -0.15) is 0 Å². The number of nitrogens with two attached hydrogens (primary N) is 1. The maximum atomic E-state index is 10.7. The van der Waals surface area contributed by atoms with E-state index in [0.717, 1.165) is 12.3 Å². The van der Waals surface area contributed by atoms with Crippen molar-refractivity contribution in [3.63, 3.8) is 0 Å².